The highest BCUT2D eigenvalue weighted by atomic mass is 32.1. The topological polar surface area (TPSA) is 43.4 Å². The summed E-state index contributed by atoms with van der Waals surface area (Å²) in [6, 6.07) is 14.2. The number of rotatable bonds is 3. The number of aromatic nitrogens is 1. The standard InChI is InChI=1S/C15H12N2O2S/c1-2-4-10(5-3-1)8-16-15-17-11-6-12-13(19-9-18-12)7-14(11)20-15/h1-7H,8-9H2,(H,16,17). The molecular formula is C15H12N2O2S. The Labute approximate surface area is 120 Å². The molecule has 100 valence electrons. The summed E-state index contributed by atoms with van der Waals surface area (Å²) in [7, 11) is 0. The van der Waals surface area contributed by atoms with Gasteiger partial charge in [0.05, 0.1) is 10.2 Å². The molecule has 20 heavy (non-hydrogen) atoms. The monoisotopic (exact) mass is 284 g/mol. The van der Waals surface area contributed by atoms with E-state index in [2.05, 4.69) is 22.4 Å². The minimum Gasteiger partial charge on any atom is -0.454 e. The van der Waals surface area contributed by atoms with Gasteiger partial charge in [-0.3, -0.25) is 0 Å². The van der Waals surface area contributed by atoms with Crippen LogP contribution in [0.5, 0.6) is 11.5 Å². The van der Waals surface area contributed by atoms with Gasteiger partial charge in [0, 0.05) is 18.7 Å². The molecule has 2 aromatic carbocycles. The Bertz CT molecular complexity index is 714. The number of nitrogens with one attached hydrogen (secondary N) is 1. The first-order chi connectivity index (χ1) is 9.88. The second-order valence-corrected chi connectivity index (χ2v) is 5.56. The molecule has 0 atom stereocenters. The Hall–Kier alpha value is -2.27. The predicted octanol–water partition coefficient (Wildman–Crippen LogP) is 3.64. The molecule has 0 saturated heterocycles. The Balaban J connectivity index is 1.58. The van der Waals surface area contributed by atoms with Crippen LogP contribution in [0.2, 0.25) is 0 Å². The van der Waals surface area contributed by atoms with Gasteiger partial charge in [0.15, 0.2) is 16.6 Å². The summed E-state index contributed by atoms with van der Waals surface area (Å²) in [6.07, 6.45) is 0. The molecular weight excluding hydrogens is 272 g/mol. The van der Waals surface area contributed by atoms with Gasteiger partial charge < -0.3 is 14.8 Å². The summed E-state index contributed by atoms with van der Waals surface area (Å²) in [5.41, 5.74) is 2.18. The smallest absolute Gasteiger partial charge is 0.231 e. The van der Waals surface area contributed by atoms with Crippen LogP contribution in [-0.4, -0.2) is 11.8 Å². The minimum atomic E-state index is 0.297. The summed E-state index contributed by atoms with van der Waals surface area (Å²) in [5, 5.41) is 4.26. The van der Waals surface area contributed by atoms with E-state index in [1.807, 2.05) is 30.3 Å². The van der Waals surface area contributed by atoms with E-state index >= 15 is 0 Å². The second-order valence-electron chi connectivity index (χ2n) is 4.53. The van der Waals surface area contributed by atoms with Gasteiger partial charge in [0.1, 0.15) is 0 Å². The van der Waals surface area contributed by atoms with Crippen LogP contribution in [0.3, 0.4) is 0 Å². The Morgan fingerprint density at radius 2 is 1.90 bits per heavy atom. The maximum Gasteiger partial charge on any atom is 0.231 e. The highest BCUT2D eigenvalue weighted by Gasteiger charge is 2.16. The van der Waals surface area contributed by atoms with Crippen molar-refractivity contribution in [2.24, 2.45) is 0 Å². The lowest BCUT2D eigenvalue weighted by Crippen LogP contribution is -1.97. The van der Waals surface area contributed by atoms with Crippen molar-refractivity contribution in [2.45, 2.75) is 6.54 Å². The third-order valence-electron chi connectivity index (χ3n) is 3.17. The quantitative estimate of drug-likeness (QED) is 0.797. The average Bonchev–Trinajstić information content (AvgIpc) is 3.08. The molecule has 0 aliphatic carbocycles. The van der Waals surface area contributed by atoms with Crippen molar-refractivity contribution in [3.8, 4) is 11.5 Å². The van der Waals surface area contributed by atoms with E-state index < -0.39 is 0 Å². The third-order valence-corrected chi connectivity index (χ3v) is 4.15. The lowest BCUT2D eigenvalue weighted by molar-refractivity contribution is 0.174. The minimum absolute atomic E-state index is 0.297. The fourth-order valence-electron chi connectivity index (χ4n) is 2.17. The first-order valence-corrected chi connectivity index (χ1v) is 7.18. The summed E-state index contributed by atoms with van der Waals surface area (Å²) in [6.45, 7) is 1.07. The van der Waals surface area contributed by atoms with E-state index in [0.29, 0.717) is 6.79 Å². The zero-order chi connectivity index (χ0) is 13.4. The molecule has 0 bridgehead atoms. The molecule has 0 radical (unpaired) electrons. The lowest BCUT2D eigenvalue weighted by atomic mass is 10.2. The molecule has 2 heterocycles. The van der Waals surface area contributed by atoms with Crippen LogP contribution in [0.15, 0.2) is 42.5 Å². The van der Waals surface area contributed by atoms with Gasteiger partial charge in [-0.25, -0.2) is 4.98 Å². The first kappa shape index (κ1) is 11.5. The van der Waals surface area contributed by atoms with Crippen LogP contribution in [0.25, 0.3) is 10.2 Å². The molecule has 1 aromatic heterocycles. The zero-order valence-electron chi connectivity index (χ0n) is 10.6. The molecule has 0 spiro atoms. The molecule has 4 rings (SSSR count). The van der Waals surface area contributed by atoms with Crippen molar-refractivity contribution in [3.05, 3.63) is 48.0 Å². The number of nitrogens with zero attached hydrogens (tertiary/aromatic N) is 1. The van der Waals surface area contributed by atoms with E-state index in [4.69, 9.17) is 9.47 Å². The zero-order valence-corrected chi connectivity index (χ0v) is 11.4. The van der Waals surface area contributed by atoms with Crippen molar-refractivity contribution in [1.82, 2.24) is 4.98 Å². The van der Waals surface area contributed by atoms with E-state index in [9.17, 15) is 0 Å². The molecule has 1 N–H and O–H groups in total. The highest BCUT2D eigenvalue weighted by molar-refractivity contribution is 7.22. The van der Waals surface area contributed by atoms with Gasteiger partial charge in [-0.2, -0.15) is 0 Å². The molecule has 0 unspecified atom stereocenters. The van der Waals surface area contributed by atoms with Gasteiger partial charge >= 0.3 is 0 Å². The fraction of sp³-hybridized carbons (Fsp3) is 0.133. The van der Waals surface area contributed by atoms with Crippen molar-refractivity contribution in [3.63, 3.8) is 0 Å². The Morgan fingerprint density at radius 3 is 2.75 bits per heavy atom. The molecule has 1 aliphatic heterocycles. The number of hydrogen-bond acceptors (Lipinski definition) is 5. The van der Waals surface area contributed by atoms with Crippen molar-refractivity contribution >= 4 is 26.7 Å². The number of benzene rings is 2. The van der Waals surface area contributed by atoms with Crippen LogP contribution in [0.4, 0.5) is 5.13 Å². The largest absolute Gasteiger partial charge is 0.454 e. The molecule has 0 amide bonds. The van der Waals surface area contributed by atoms with E-state index in [1.165, 1.54) is 5.56 Å². The van der Waals surface area contributed by atoms with Crippen molar-refractivity contribution < 1.29 is 9.47 Å². The average molecular weight is 284 g/mol. The van der Waals surface area contributed by atoms with Crippen LogP contribution >= 0.6 is 11.3 Å². The third kappa shape index (κ3) is 2.06. The molecule has 0 fully saturated rings. The number of ether oxygens (including phenoxy) is 2. The Morgan fingerprint density at radius 1 is 1.10 bits per heavy atom. The van der Waals surface area contributed by atoms with Gasteiger partial charge in [-0.1, -0.05) is 41.7 Å². The second kappa shape index (κ2) is 4.68. The first-order valence-electron chi connectivity index (χ1n) is 6.36. The molecule has 0 saturated carbocycles. The maximum atomic E-state index is 5.38. The lowest BCUT2D eigenvalue weighted by Gasteiger charge is -2.01. The molecule has 3 aromatic rings. The number of hydrogen-bond donors (Lipinski definition) is 1. The summed E-state index contributed by atoms with van der Waals surface area (Å²) in [4.78, 5) is 4.58. The predicted molar refractivity (Wildman–Crippen MR) is 79.5 cm³/mol. The normalized spacial score (nSPS) is 12.8. The summed E-state index contributed by atoms with van der Waals surface area (Å²) < 4.78 is 11.9. The van der Waals surface area contributed by atoms with Crippen molar-refractivity contribution in [2.75, 3.05) is 12.1 Å². The molecule has 4 nitrogen and oxygen atoms in total. The highest BCUT2D eigenvalue weighted by Crippen LogP contribution is 2.38. The van der Waals surface area contributed by atoms with Gasteiger partial charge in [0.25, 0.3) is 0 Å². The summed E-state index contributed by atoms with van der Waals surface area (Å²) in [5.74, 6) is 1.58. The van der Waals surface area contributed by atoms with Gasteiger partial charge in [-0.15, -0.1) is 0 Å². The van der Waals surface area contributed by atoms with Gasteiger partial charge in [0.2, 0.25) is 6.79 Å². The molecule has 1 aliphatic rings. The number of fused-ring (bicyclic) bond motifs is 2. The van der Waals surface area contributed by atoms with Crippen LogP contribution in [0.1, 0.15) is 5.56 Å². The SMILES string of the molecule is c1ccc(CNc2nc3cc4c(cc3s2)OCO4)cc1. The van der Waals surface area contributed by atoms with E-state index in [1.54, 1.807) is 11.3 Å². The number of thiazole rings is 1. The summed E-state index contributed by atoms with van der Waals surface area (Å²) >= 11 is 1.62. The van der Waals surface area contributed by atoms with Crippen LogP contribution in [-0.2, 0) is 6.54 Å². The maximum absolute atomic E-state index is 5.38. The van der Waals surface area contributed by atoms with Gasteiger partial charge in [-0.05, 0) is 5.56 Å². The van der Waals surface area contributed by atoms with Crippen LogP contribution in [0, 0.1) is 0 Å². The fourth-order valence-corrected chi connectivity index (χ4v) is 3.04. The van der Waals surface area contributed by atoms with Crippen LogP contribution < -0.4 is 14.8 Å². The van der Waals surface area contributed by atoms with E-state index in [-0.39, 0.29) is 0 Å². The molecule has 5 heteroatoms. The van der Waals surface area contributed by atoms with Crippen molar-refractivity contribution in [1.29, 1.82) is 0 Å². The number of anilines is 1. The Kier molecular flexibility index (Phi) is 2.70. The van der Waals surface area contributed by atoms with E-state index in [0.717, 1.165) is 33.4 Å².